The highest BCUT2D eigenvalue weighted by atomic mass is 16.5. The molecule has 0 saturated carbocycles. The Morgan fingerprint density at radius 1 is 1.20 bits per heavy atom. The van der Waals surface area contributed by atoms with Crippen molar-refractivity contribution in [2.75, 3.05) is 19.5 Å². The zero-order valence-corrected chi connectivity index (χ0v) is 14.7. The number of ether oxygens (including phenoxy) is 3. The third kappa shape index (κ3) is 4.09. The molecule has 8 heteroatoms. The number of anilines is 1. The number of esters is 1. The van der Waals surface area contributed by atoms with Crippen molar-refractivity contribution < 1.29 is 28.3 Å². The lowest BCUT2D eigenvalue weighted by atomic mass is 10.2. The molecule has 134 valence electrons. The first-order valence-electron chi connectivity index (χ1n) is 7.54. The first-order chi connectivity index (χ1) is 11.9. The molecule has 1 atom stereocenters. The normalized spacial score (nSPS) is 11.6. The maximum atomic E-state index is 12.3. The van der Waals surface area contributed by atoms with Gasteiger partial charge in [-0.05, 0) is 32.9 Å². The van der Waals surface area contributed by atoms with E-state index >= 15 is 0 Å². The van der Waals surface area contributed by atoms with E-state index in [9.17, 15) is 9.59 Å². The monoisotopic (exact) mass is 348 g/mol. The largest absolute Gasteiger partial charge is 0.497 e. The number of methoxy groups -OCH3 is 2. The van der Waals surface area contributed by atoms with Crippen LogP contribution in [0.4, 0.5) is 5.69 Å². The van der Waals surface area contributed by atoms with Gasteiger partial charge in [0.2, 0.25) is 0 Å². The number of rotatable bonds is 6. The second-order valence-electron chi connectivity index (χ2n) is 5.30. The lowest BCUT2D eigenvalue weighted by molar-refractivity contribution is -0.123. The van der Waals surface area contributed by atoms with Gasteiger partial charge >= 0.3 is 5.97 Å². The van der Waals surface area contributed by atoms with E-state index in [2.05, 4.69) is 10.5 Å². The number of hydrogen-bond acceptors (Lipinski definition) is 7. The highest BCUT2D eigenvalue weighted by molar-refractivity contribution is 5.98. The van der Waals surface area contributed by atoms with Crippen LogP contribution in [-0.2, 0) is 9.53 Å². The minimum absolute atomic E-state index is 0.221. The number of carbonyl (C=O) groups excluding carboxylic acids is 2. The summed E-state index contributed by atoms with van der Waals surface area (Å²) in [5.74, 6) is 0.169. The third-order valence-corrected chi connectivity index (χ3v) is 3.56. The topological polar surface area (TPSA) is 99.9 Å². The summed E-state index contributed by atoms with van der Waals surface area (Å²) in [6.07, 6.45) is -1.03. The fraction of sp³-hybridized carbons (Fsp3) is 0.353. The van der Waals surface area contributed by atoms with Crippen LogP contribution < -0.4 is 14.8 Å². The van der Waals surface area contributed by atoms with Crippen LogP contribution >= 0.6 is 0 Å². The van der Waals surface area contributed by atoms with E-state index < -0.39 is 18.0 Å². The third-order valence-electron chi connectivity index (χ3n) is 3.56. The number of hydrogen-bond donors (Lipinski definition) is 1. The predicted octanol–water partition coefficient (Wildman–Crippen LogP) is 2.49. The number of carbonyl (C=O) groups is 2. The zero-order chi connectivity index (χ0) is 18.6. The molecule has 0 saturated heterocycles. The molecule has 8 nitrogen and oxygen atoms in total. The van der Waals surface area contributed by atoms with Gasteiger partial charge in [-0.2, -0.15) is 0 Å². The van der Waals surface area contributed by atoms with Crippen molar-refractivity contribution in [3.8, 4) is 11.5 Å². The lowest BCUT2D eigenvalue weighted by Gasteiger charge is -2.15. The number of aromatic nitrogens is 1. The lowest BCUT2D eigenvalue weighted by Crippen LogP contribution is -2.30. The number of benzene rings is 1. The number of nitrogens with one attached hydrogen (secondary N) is 1. The first kappa shape index (κ1) is 18.3. The van der Waals surface area contributed by atoms with Crippen LogP contribution in [0.1, 0.15) is 28.7 Å². The average Bonchev–Trinajstić information content (AvgIpc) is 2.93. The number of aryl methyl sites for hydroxylation is 2. The van der Waals surface area contributed by atoms with Crippen LogP contribution in [0, 0.1) is 13.8 Å². The van der Waals surface area contributed by atoms with Crippen molar-refractivity contribution in [2.24, 2.45) is 0 Å². The SMILES string of the molecule is COc1ccc(OC)c(NC(=O)[C@H](C)OC(=O)c2c(C)noc2C)c1. The smallest absolute Gasteiger partial charge is 0.344 e. The van der Waals surface area contributed by atoms with Gasteiger partial charge in [-0.15, -0.1) is 0 Å². The van der Waals surface area contributed by atoms with Crippen LogP contribution in [0.3, 0.4) is 0 Å². The highest BCUT2D eigenvalue weighted by Crippen LogP contribution is 2.29. The van der Waals surface area contributed by atoms with Crippen LogP contribution in [0.5, 0.6) is 11.5 Å². The Balaban J connectivity index is 2.09. The van der Waals surface area contributed by atoms with E-state index in [0.29, 0.717) is 28.6 Å². The van der Waals surface area contributed by atoms with E-state index in [-0.39, 0.29) is 5.56 Å². The van der Waals surface area contributed by atoms with Crippen molar-refractivity contribution >= 4 is 17.6 Å². The van der Waals surface area contributed by atoms with Crippen molar-refractivity contribution in [3.05, 3.63) is 35.2 Å². The van der Waals surface area contributed by atoms with E-state index in [1.54, 1.807) is 32.0 Å². The molecule has 0 spiro atoms. The number of amides is 1. The Morgan fingerprint density at radius 2 is 1.92 bits per heavy atom. The summed E-state index contributed by atoms with van der Waals surface area (Å²) in [5, 5.41) is 6.35. The van der Waals surface area contributed by atoms with Crippen LogP contribution in [0.25, 0.3) is 0 Å². The molecular weight excluding hydrogens is 328 g/mol. The van der Waals surface area contributed by atoms with Gasteiger partial charge in [-0.25, -0.2) is 4.79 Å². The van der Waals surface area contributed by atoms with Crippen molar-refractivity contribution in [1.29, 1.82) is 0 Å². The van der Waals surface area contributed by atoms with Gasteiger partial charge in [-0.1, -0.05) is 5.16 Å². The van der Waals surface area contributed by atoms with Crippen molar-refractivity contribution in [1.82, 2.24) is 5.16 Å². The molecule has 0 aliphatic heterocycles. The molecule has 0 unspecified atom stereocenters. The Labute approximate surface area is 145 Å². The molecule has 0 aliphatic carbocycles. The van der Waals surface area contributed by atoms with Gasteiger partial charge in [0, 0.05) is 6.07 Å². The molecule has 1 amide bonds. The van der Waals surface area contributed by atoms with Crippen molar-refractivity contribution in [3.63, 3.8) is 0 Å². The van der Waals surface area contributed by atoms with Gasteiger partial charge in [0.1, 0.15) is 22.8 Å². The van der Waals surface area contributed by atoms with Gasteiger partial charge in [0.05, 0.1) is 25.6 Å². The standard InChI is InChI=1S/C17H20N2O6/c1-9-15(10(2)25-19-9)17(21)24-11(3)16(20)18-13-8-12(22-4)6-7-14(13)23-5/h6-8,11H,1-5H3,(H,18,20)/t11-/m0/s1. The molecule has 25 heavy (non-hydrogen) atoms. The Kier molecular flexibility index (Phi) is 5.63. The van der Waals surface area contributed by atoms with E-state index in [4.69, 9.17) is 18.7 Å². The molecular formula is C17H20N2O6. The summed E-state index contributed by atoms with van der Waals surface area (Å²) in [4.78, 5) is 24.5. The average molecular weight is 348 g/mol. The molecule has 1 aromatic carbocycles. The second-order valence-corrected chi connectivity index (χ2v) is 5.30. The summed E-state index contributed by atoms with van der Waals surface area (Å²) < 4.78 is 20.5. The molecule has 1 N–H and O–H groups in total. The van der Waals surface area contributed by atoms with E-state index in [0.717, 1.165) is 0 Å². The molecule has 2 aromatic rings. The molecule has 1 heterocycles. The Bertz CT molecular complexity index is 764. The summed E-state index contributed by atoms with van der Waals surface area (Å²) >= 11 is 0. The summed E-state index contributed by atoms with van der Waals surface area (Å²) in [6.45, 7) is 4.69. The Morgan fingerprint density at radius 3 is 2.48 bits per heavy atom. The van der Waals surface area contributed by atoms with Crippen LogP contribution in [0.2, 0.25) is 0 Å². The van der Waals surface area contributed by atoms with Crippen LogP contribution in [0.15, 0.2) is 22.7 Å². The van der Waals surface area contributed by atoms with E-state index in [1.807, 2.05) is 0 Å². The molecule has 0 bridgehead atoms. The van der Waals surface area contributed by atoms with Gasteiger partial charge < -0.3 is 24.1 Å². The highest BCUT2D eigenvalue weighted by Gasteiger charge is 2.24. The number of nitrogens with zero attached hydrogens (tertiary/aromatic N) is 1. The first-order valence-corrected chi connectivity index (χ1v) is 7.54. The Hall–Kier alpha value is -3.03. The maximum absolute atomic E-state index is 12.3. The quantitative estimate of drug-likeness (QED) is 0.801. The molecule has 2 rings (SSSR count). The minimum Gasteiger partial charge on any atom is -0.497 e. The van der Waals surface area contributed by atoms with Crippen LogP contribution in [-0.4, -0.2) is 37.4 Å². The summed E-state index contributed by atoms with van der Waals surface area (Å²) in [7, 11) is 3.00. The summed E-state index contributed by atoms with van der Waals surface area (Å²) in [5.41, 5.74) is 1.04. The predicted molar refractivity (Wildman–Crippen MR) is 89.0 cm³/mol. The van der Waals surface area contributed by atoms with Gasteiger partial charge in [-0.3, -0.25) is 4.79 Å². The molecule has 0 fully saturated rings. The van der Waals surface area contributed by atoms with Gasteiger partial charge in [0.15, 0.2) is 6.10 Å². The maximum Gasteiger partial charge on any atom is 0.344 e. The van der Waals surface area contributed by atoms with E-state index in [1.165, 1.54) is 21.1 Å². The zero-order valence-electron chi connectivity index (χ0n) is 14.7. The fourth-order valence-electron chi connectivity index (χ4n) is 2.19. The van der Waals surface area contributed by atoms with Gasteiger partial charge in [0.25, 0.3) is 5.91 Å². The molecule has 0 aliphatic rings. The molecule has 1 aromatic heterocycles. The second kappa shape index (κ2) is 7.69. The molecule has 0 radical (unpaired) electrons. The minimum atomic E-state index is -1.03. The fourth-order valence-corrected chi connectivity index (χ4v) is 2.19. The summed E-state index contributed by atoms with van der Waals surface area (Å²) in [6, 6.07) is 4.98. The van der Waals surface area contributed by atoms with Crippen molar-refractivity contribution in [2.45, 2.75) is 26.9 Å².